The van der Waals surface area contributed by atoms with Gasteiger partial charge in [0, 0.05) is 37.0 Å². The number of fused-ring (bicyclic) bond motifs is 4. The van der Waals surface area contributed by atoms with Crippen molar-refractivity contribution in [1.82, 2.24) is 30.4 Å². The number of ether oxygens (including phenoxy) is 1. The van der Waals surface area contributed by atoms with E-state index in [2.05, 4.69) is 26.2 Å². The number of urea groups is 1. The molecule has 3 fully saturated rings. The van der Waals surface area contributed by atoms with Gasteiger partial charge in [-0.05, 0) is 41.8 Å². The maximum Gasteiger partial charge on any atom is 0.322 e. The van der Waals surface area contributed by atoms with Gasteiger partial charge in [-0.3, -0.25) is 0 Å². The average Bonchev–Trinajstić information content (AvgIpc) is 2.98. The first-order valence-electron chi connectivity index (χ1n) is 8.43. The van der Waals surface area contributed by atoms with E-state index in [-0.39, 0.29) is 24.5 Å². The number of piperidine rings is 1. The number of aromatic nitrogens is 4. The van der Waals surface area contributed by atoms with Gasteiger partial charge < -0.3 is 20.3 Å². The van der Waals surface area contributed by atoms with Crippen LogP contribution in [0, 0.1) is 5.92 Å². The van der Waals surface area contributed by atoms with Crippen LogP contribution >= 0.6 is 12.4 Å². The smallest absolute Gasteiger partial charge is 0.322 e. The van der Waals surface area contributed by atoms with E-state index >= 15 is 0 Å². The molecule has 4 heterocycles. The van der Waals surface area contributed by atoms with Crippen LogP contribution in [-0.2, 0) is 0 Å². The summed E-state index contributed by atoms with van der Waals surface area (Å²) in [5.74, 6) is 1.16. The zero-order chi connectivity index (χ0) is 17.2. The van der Waals surface area contributed by atoms with Crippen molar-refractivity contribution in [1.29, 1.82) is 0 Å². The van der Waals surface area contributed by atoms with Gasteiger partial charge in [-0.1, -0.05) is 0 Å². The second kappa shape index (κ2) is 7.88. The molecule has 1 aromatic carbocycles. The zero-order valence-corrected chi connectivity index (χ0v) is 15.3. The third kappa shape index (κ3) is 3.73. The quantitative estimate of drug-likeness (QED) is 0.834. The van der Waals surface area contributed by atoms with Crippen LogP contribution < -0.4 is 15.4 Å². The molecule has 1 aromatic heterocycles. The van der Waals surface area contributed by atoms with E-state index < -0.39 is 0 Å². The van der Waals surface area contributed by atoms with Gasteiger partial charge in [-0.15, -0.1) is 17.5 Å². The molecular formula is C16H22ClN7O2. The SMILES string of the molecule is COc1cc(NC(=O)N2C[C@@H]3CC[C@H]2CNC3)cc(-n2cnnn2)c1.Cl. The van der Waals surface area contributed by atoms with Gasteiger partial charge in [-0.2, -0.15) is 0 Å². The second-order valence-electron chi connectivity index (χ2n) is 6.51. The van der Waals surface area contributed by atoms with Gasteiger partial charge in [-0.25, -0.2) is 9.48 Å². The first-order chi connectivity index (χ1) is 12.2. The monoisotopic (exact) mass is 379 g/mol. The largest absolute Gasteiger partial charge is 0.497 e. The maximum atomic E-state index is 12.8. The van der Waals surface area contributed by atoms with Gasteiger partial charge in [0.05, 0.1) is 12.8 Å². The van der Waals surface area contributed by atoms with Crippen molar-refractivity contribution >= 4 is 24.1 Å². The van der Waals surface area contributed by atoms with Crippen LogP contribution in [0.25, 0.3) is 5.69 Å². The molecule has 0 aliphatic carbocycles. The van der Waals surface area contributed by atoms with Crippen LogP contribution in [0.3, 0.4) is 0 Å². The Labute approximate surface area is 157 Å². The highest BCUT2D eigenvalue weighted by Gasteiger charge is 2.34. The molecule has 10 heteroatoms. The Hall–Kier alpha value is -2.39. The number of benzene rings is 1. The number of nitrogens with one attached hydrogen (secondary N) is 2. The number of tetrazole rings is 1. The molecule has 140 valence electrons. The predicted octanol–water partition coefficient (Wildman–Crippen LogP) is 1.31. The summed E-state index contributed by atoms with van der Waals surface area (Å²) in [6, 6.07) is 5.60. The second-order valence-corrected chi connectivity index (χ2v) is 6.51. The normalized spacial score (nSPS) is 21.7. The highest BCUT2D eigenvalue weighted by molar-refractivity contribution is 5.90. The summed E-state index contributed by atoms with van der Waals surface area (Å²) in [5, 5.41) is 17.6. The molecule has 0 spiro atoms. The molecule has 3 saturated heterocycles. The van der Waals surface area contributed by atoms with Crippen molar-refractivity contribution in [2.24, 2.45) is 5.92 Å². The number of methoxy groups -OCH3 is 1. The summed E-state index contributed by atoms with van der Waals surface area (Å²) < 4.78 is 6.86. The number of anilines is 1. The first kappa shape index (κ1) is 18.4. The molecule has 0 radical (unpaired) electrons. The van der Waals surface area contributed by atoms with Crippen molar-refractivity contribution in [3.63, 3.8) is 0 Å². The van der Waals surface area contributed by atoms with E-state index in [0.717, 1.165) is 31.7 Å². The molecule has 0 saturated carbocycles. The molecule has 2 atom stereocenters. The molecule has 2 N–H and O–H groups in total. The lowest BCUT2D eigenvalue weighted by Gasteiger charge is -2.36. The Morgan fingerprint density at radius 2 is 2.19 bits per heavy atom. The van der Waals surface area contributed by atoms with Crippen LogP contribution in [0.2, 0.25) is 0 Å². The van der Waals surface area contributed by atoms with E-state index in [9.17, 15) is 4.79 Å². The van der Waals surface area contributed by atoms with E-state index in [1.54, 1.807) is 13.2 Å². The van der Waals surface area contributed by atoms with Crippen molar-refractivity contribution in [3.8, 4) is 11.4 Å². The van der Waals surface area contributed by atoms with Crippen molar-refractivity contribution in [3.05, 3.63) is 24.5 Å². The summed E-state index contributed by atoms with van der Waals surface area (Å²) in [4.78, 5) is 14.8. The number of amides is 2. The van der Waals surface area contributed by atoms with Crippen LogP contribution in [0.1, 0.15) is 12.8 Å². The van der Waals surface area contributed by atoms with E-state index in [1.165, 1.54) is 17.4 Å². The number of nitrogens with zero attached hydrogens (tertiary/aromatic N) is 5. The summed E-state index contributed by atoms with van der Waals surface area (Å²) in [5.41, 5.74) is 1.38. The summed E-state index contributed by atoms with van der Waals surface area (Å²) in [6.45, 7) is 2.65. The fourth-order valence-corrected chi connectivity index (χ4v) is 3.56. The first-order valence-corrected chi connectivity index (χ1v) is 8.43. The highest BCUT2D eigenvalue weighted by Crippen LogP contribution is 2.27. The highest BCUT2D eigenvalue weighted by atomic mass is 35.5. The standard InChI is InChI=1S/C16H21N7O2.ClH/c1-25-15-5-12(4-14(6-15)23-10-18-20-21-23)19-16(24)22-9-11-2-3-13(22)8-17-7-11;/h4-6,10-11,13,17H,2-3,7-9H2,1H3,(H,19,24);1H/t11-,13+;/m1./s1. The topological polar surface area (TPSA) is 97.2 Å². The molecule has 5 rings (SSSR count). The van der Waals surface area contributed by atoms with Gasteiger partial charge in [0.25, 0.3) is 0 Å². The third-order valence-corrected chi connectivity index (χ3v) is 4.87. The van der Waals surface area contributed by atoms with E-state index in [1.807, 2.05) is 17.0 Å². The summed E-state index contributed by atoms with van der Waals surface area (Å²) in [7, 11) is 1.59. The third-order valence-electron chi connectivity index (χ3n) is 4.87. The Balaban J connectivity index is 0.00000196. The number of carbonyl (C=O) groups excluding carboxylic acids is 1. The lowest BCUT2D eigenvalue weighted by atomic mass is 9.95. The Bertz CT molecular complexity index is 751. The number of carbonyl (C=O) groups is 1. The fourth-order valence-electron chi connectivity index (χ4n) is 3.56. The van der Waals surface area contributed by atoms with E-state index in [4.69, 9.17) is 4.74 Å². The molecule has 26 heavy (non-hydrogen) atoms. The number of hydrogen-bond donors (Lipinski definition) is 2. The molecular weight excluding hydrogens is 358 g/mol. The lowest BCUT2D eigenvalue weighted by molar-refractivity contribution is 0.153. The van der Waals surface area contributed by atoms with Gasteiger partial charge in [0.2, 0.25) is 0 Å². The van der Waals surface area contributed by atoms with Crippen molar-refractivity contribution in [2.45, 2.75) is 18.9 Å². The lowest BCUT2D eigenvalue weighted by Crippen LogP contribution is -2.49. The number of hydrogen-bond acceptors (Lipinski definition) is 6. The van der Waals surface area contributed by atoms with Gasteiger partial charge >= 0.3 is 6.03 Å². The minimum atomic E-state index is -0.0747. The number of rotatable bonds is 3. The molecule has 9 nitrogen and oxygen atoms in total. The molecule has 3 aliphatic heterocycles. The van der Waals surface area contributed by atoms with Crippen LogP contribution in [0.5, 0.6) is 5.75 Å². The minimum absolute atomic E-state index is 0. The van der Waals surface area contributed by atoms with Crippen molar-refractivity contribution in [2.75, 3.05) is 32.1 Å². The Kier molecular flexibility index (Phi) is 5.58. The predicted molar refractivity (Wildman–Crippen MR) is 98.1 cm³/mol. The minimum Gasteiger partial charge on any atom is -0.497 e. The Morgan fingerprint density at radius 1 is 1.31 bits per heavy atom. The van der Waals surface area contributed by atoms with Crippen LogP contribution in [0.15, 0.2) is 24.5 Å². The van der Waals surface area contributed by atoms with Crippen LogP contribution in [-0.4, -0.2) is 63.9 Å². The zero-order valence-electron chi connectivity index (χ0n) is 14.5. The maximum absolute atomic E-state index is 12.8. The van der Waals surface area contributed by atoms with Crippen LogP contribution in [0.4, 0.5) is 10.5 Å². The molecule has 2 aromatic rings. The summed E-state index contributed by atoms with van der Waals surface area (Å²) in [6.07, 6.45) is 3.74. The van der Waals surface area contributed by atoms with Gasteiger partial charge in [0.15, 0.2) is 0 Å². The molecule has 3 aliphatic rings. The number of halogens is 1. The van der Waals surface area contributed by atoms with Crippen molar-refractivity contribution < 1.29 is 9.53 Å². The van der Waals surface area contributed by atoms with Gasteiger partial charge in [0.1, 0.15) is 12.1 Å². The molecule has 0 unspecified atom stereocenters. The molecule has 2 bridgehead atoms. The average molecular weight is 380 g/mol. The fraction of sp³-hybridized carbons (Fsp3) is 0.500. The molecule has 2 amide bonds. The van der Waals surface area contributed by atoms with E-state index in [0.29, 0.717) is 17.4 Å². The Morgan fingerprint density at radius 3 is 2.96 bits per heavy atom. The summed E-state index contributed by atoms with van der Waals surface area (Å²) >= 11 is 0.